The van der Waals surface area contributed by atoms with Crippen LogP contribution in [0.15, 0.2) is 0 Å². The van der Waals surface area contributed by atoms with Crippen LogP contribution in [0.5, 0.6) is 0 Å². The Balaban J connectivity index is 4.51. The number of hydrogen-bond donors (Lipinski definition) is 0. The van der Waals surface area contributed by atoms with Gasteiger partial charge in [0.15, 0.2) is 5.92 Å². The molecule has 0 aromatic rings. The predicted molar refractivity (Wildman–Crippen MR) is 67.4 cm³/mol. The van der Waals surface area contributed by atoms with Crippen molar-refractivity contribution in [1.29, 1.82) is 0 Å². The molecule has 0 amide bonds. The first kappa shape index (κ1) is 19.7. The lowest BCUT2D eigenvalue weighted by Crippen LogP contribution is -2.32. The lowest BCUT2D eigenvalue weighted by Gasteiger charge is -2.18. The lowest BCUT2D eigenvalue weighted by atomic mass is 10.1. The molecule has 0 N–H and O–H groups in total. The summed E-state index contributed by atoms with van der Waals surface area (Å²) in [7, 11) is 0. The van der Waals surface area contributed by atoms with Crippen LogP contribution in [0.2, 0.25) is 0 Å². The summed E-state index contributed by atoms with van der Waals surface area (Å²) in [5, 5.41) is 0. The van der Waals surface area contributed by atoms with Gasteiger partial charge in [-0.1, -0.05) is 0 Å². The van der Waals surface area contributed by atoms with Crippen molar-refractivity contribution in [2.45, 2.75) is 52.5 Å². The van der Waals surface area contributed by atoms with Crippen LogP contribution in [0.3, 0.4) is 0 Å². The Bertz CT molecular complexity index is 317. The molecule has 0 aliphatic rings. The minimum Gasteiger partial charge on any atom is -0.462 e. The Hall–Kier alpha value is -1.31. The van der Waals surface area contributed by atoms with Gasteiger partial charge in [0.2, 0.25) is 0 Å². The molecule has 0 fully saturated rings. The van der Waals surface area contributed by atoms with E-state index in [0.29, 0.717) is 0 Å². The highest BCUT2D eigenvalue weighted by atomic mass is 19.4. The van der Waals surface area contributed by atoms with Crippen LogP contribution in [0, 0.1) is 5.92 Å². The number of ether oxygens (including phenoxy) is 3. The van der Waals surface area contributed by atoms with E-state index < -0.39 is 49.5 Å². The second kappa shape index (κ2) is 8.86. The average molecular weight is 314 g/mol. The van der Waals surface area contributed by atoms with Gasteiger partial charge < -0.3 is 14.2 Å². The number of carbonyl (C=O) groups is 2. The first-order valence-corrected chi connectivity index (χ1v) is 6.58. The molecular weight excluding hydrogens is 293 g/mol. The van der Waals surface area contributed by atoms with Crippen molar-refractivity contribution in [1.82, 2.24) is 0 Å². The van der Waals surface area contributed by atoms with E-state index in [1.54, 1.807) is 27.7 Å². The highest BCUT2D eigenvalue weighted by Gasteiger charge is 2.32. The van der Waals surface area contributed by atoms with Gasteiger partial charge in [0.05, 0.1) is 12.2 Å². The maximum absolute atomic E-state index is 11.9. The molecule has 0 rings (SSSR count). The number of hydrogen-bond acceptors (Lipinski definition) is 5. The summed E-state index contributed by atoms with van der Waals surface area (Å²) in [5.41, 5.74) is 0. The minimum absolute atomic E-state index is 0.229. The van der Waals surface area contributed by atoms with Gasteiger partial charge in [-0.05, 0) is 34.1 Å². The Morgan fingerprint density at radius 3 is 1.71 bits per heavy atom. The normalized spacial score (nSPS) is 12.1. The predicted octanol–water partition coefficient (Wildman–Crippen LogP) is 2.47. The molecule has 0 unspecified atom stereocenters. The first-order valence-electron chi connectivity index (χ1n) is 6.58. The van der Waals surface area contributed by atoms with E-state index in [9.17, 15) is 22.8 Å². The fourth-order valence-electron chi connectivity index (χ4n) is 1.35. The maximum Gasteiger partial charge on any atom is 0.411 e. The molecule has 0 aliphatic heterocycles. The third-order valence-electron chi connectivity index (χ3n) is 2.09. The molecule has 0 heterocycles. The summed E-state index contributed by atoms with van der Waals surface area (Å²) < 4.78 is 50.0. The number of rotatable bonds is 8. The molecular formula is C13H21F3O5. The largest absolute Gasteiger partial charge is 0.462 e. The second-order valence-electron chi connectivity index (χ2n) is 4.98. The molecule has 8 heteroatoms. The highest BCUT2D eigenvalue weighted by molar-refractivity contribution is 5.95. The van der Waals surface area contributed by atoms with Gasteiger partial charge in [0, 0.05) is 6.61 Å². The zero-order valence-corrected chi connectivity index (χ0v) is 12.5. The molecule has 0 atom stereocenters. The number of alkyl halides is 3. The number of esters is 2. The van der Waals surface area contributed by atoms with Crippen LogP contribution >= 0.6 is 0 Å². The molecule has 0 radical (unpaired) electrons. The summed E-state index contributed by atoms with van der Waals surface area (Å²) in [5.74, 6) is -2.94. The summed E-state index contributed by atoms with van der Waals surface area (Å²) in [6, 6.07) is 0. The SMILES string of the molecule is CC(C)OC(=O)C(CCOCC(F)(F)F)C(=O)OC(C)C. The molecule has 21 heavy (non-hydrogen) atoms. The highest BCUT2D eigenvalue weighted by Crippen LogP contribution is 2.16. The molecule has 0 aliphatic carbocycles. The Labute approximate surface area is 121 Å². The van der Waals surface area contributed by atoms with Gasteiger partial charge in [-0.15, -0.1) is 0 Å². The summed E-state index contributed by atoms with van der Waals surface area (Å²) in [6.07, 6.45) is -5.56. The monoisotopic (exact) mass is 314 g/mol. The molecule has 0 aromatic carbocycles. The van der Waals surface area contributed by atoms with E-state index >= 15 is 0 Å². The quantitative estimate of drug-likeness (QED) is 0.391. The maximum atomic E-state index is 11.9. The fourth-order valence-corrected chi connectivity index (χ4v) is 1.35. The average Bonchev–Trinajstić information content (AvgIpc) is 2.24. The zero-order valence-electron chi connectivity index (χ0n) is 12.5. The molecule has 124 valence electrons. The third-order valence-corrected chi connectivity index (χ3v) is 2.09. The van der Waals surface area contributed by atoms with E-state index in [4.69, 9.17) is 9.47 Å². The van der Waals surface area contributed by atoms with Crippen molar-refractivity contribution in [2.75, 3.05) is 13.2 Å². The Morgan fingerprint density at radius 1 is 0.952 bits per heavy atom. The first-order chi connectivity index (χ1) is 9.53. The van der Waals surface area contributed by atoms with Crippen molar-refractivity contribution in [3.63, 3.8) is 0 Å². The Kier molecular flexibility index (Phi) is 8.31. The van der Waals surface area contributed by atoms with Crippen LogP contribution < -0.4 is 0 Å². The van der Waals surface area contributed by atoms with E-state index in [2.05, 4.69) is 4.74 Å². The summed E-state index contributed by atoms with van der Waals surface area (Å²) >= 11 is 0. The summed E-state index contributed by atoms with van der Waals surface area (Å²) in [4.78, 5) is 23.5. The smallest absolute Gasteiger partial charge is 0.411 e. The van der Waals surface area contributed by atoms with Crippen molar-refractivity contribution in [3.05, 3.63) is 0 Å². The zero-order chi connectivity index (χ0) is 16.6. The van der Waals surface area contributed by atoms with Crippen molar-refractivity contribution in [3.8, 4) is 0 Å². The topological polar surface area (TPSA) is 61.8 Å². The van der Waals surface area contributed by atoms with Crippen LogP contribution in [-0.4, -0.2) is 43.5 Å². The van der Waals surface area contributed by atoms with Gasteiger partial charge in [-0.25, -0.2) is 0 Å². The van der Waals surface area contributed by atoms with E-state index in [0.717, 1.165) is 0 Å². The van der Waals surface area contributed by atoms with Crippen LogP contribution in [-0.2, 0) is 23.8 Å². The third kappa shape index (κ3) is 10.1. The standard InChI is InChI=1S/C13H21F3O5/c1-8(2)20-11(17)10(12(18)21-9(3)4)5-6-19-7-13(14,15)16/h8-10H,5-7H2,1-4H3. The molecule has 0 saturated carbocycles. The van der Waals surface area contributed by atoms with Crippen molar-refractivity contribution >= 4 is 11.9 Å². The minimum atomic E-state index is -4.45. The van der Waals surface area contributed by atoms with Crippen molar-refractivity contribution < 1.29 is 37.0 Å². The number of halogens is 3. The molecule has 0 aromatic heterocycles. The molecule has 0 saturated heterocycles. The Morgan fingerprint density at radius 2 is 1.38 bits per heavy atom. The van der Waals surface area contributed by atoms with Gasteiger partial charge in [-0.2, -0.15) is 13.2 Å². The second-order valence-corrected chi connectivity index (χ2v) is 4.98. The van der Waals surface area contributed by atoms with Gasteiger partial charge in [-0.3, -0.25) is 9.59 Å². The van der Waals surface area contributed by atoms with E-state index in [-0.39, 0.29) is 6.42 Å². The van der Waals surface area contributed by atoms with E-state index in [1.807, 2.05) is 0 Å². The molecule has 0 bridgehead atoms. The van der Waals surface area contributed by atoms with Gasteiger partial charge in [0.1, 0.15) is 6.61 Å². The van der Waals surface area contributed by atoms with Gasteiger partial charge >= 0.3 is 18.1 Å². The van der Waals surface area contributed by atoms with Crippen molar-refractivity contribution in [2.24, 2.45) is 5.92 Å². The number of carbonyl (C=O) groups excluding carboxylic acids is 2. The lowest BCUT2D eigenvalue weighted by molar-refractivity contribution is -0.177. The fraction of sp³-hybridized carbons (Fsp3) is 0.846. The van der Waals surface area contributed by atoms with Crippen LogP contribution in [0.1, 0.15) is 34.1 Å². The van der Waals surface area contributed by atoms with Gasteiger partial charge in [0.25, 0.3) is 0 Å². The van der Waals surface area contributed by atoms with Crippen LogP contribution in [0.25, 0.3) is 0 Å². The molecule has 0 spiro atoms. The van der Waals surface area contributed by atoms with Crippen LogP contribution in [0.4, 0.5) is 13.2 Å². The summed E-state index contributed by atoms with van der Waals surface area (Å²) in [6.45, 7) is 4.57. The molecule has 5 nitrogen and oxygen atoms in total. The van der Waals surface area contributed by atoms with E-state index in [1.165, 1.54) is 0 Å².